The maximum Gasteiger partial charge on any atom is 0.104 e. The van der Waals surface area contributed by atoms with Crippen LogP contribution >= 0.6 is 11.3 Å². The van der Waals surface area contributed by atoms with E-state index in [-0.39, 0.29) is 6.10 Å². The SMILES string of the molecule is Cc1cc2sc3c(c2cc1C)CCOC3CN. The number of thiophene rings is 1. The van der Waals surface area contributed by atoms with Crippen LogP contribution in [0.5, 0.6) is 0 Å². The van der Waals surface area contributed by atoms with Gasteiger partial charge in [0.15, 0.2) is 0 Å². The molecule has 1 aromatic heterocycles. The minimum atomic E-state index is 0.108. The Balaban J connectivity index is 2.26. The molecule has 3 rings (SSSR count). The van der Waals surface area contributed by atoms with Crippen molar-refractivity contribution in [2.24, 2.45) is 5.73 Å². The molecule has 0 saturated heterocycles. The average Bonchev–Trinajstić information content (AvgIpc) is 2.67. The van der Waals surface area contributed by atoms with Crippen molar-refractivity contribution in [3.8, 4) is 0 Å². The Labute approximate surface area is 105 Å². The normalized spacial score (nSPS) is 19.6. The summed E-state index contributed by atoms with van der Waals surface area (Å²) < 4.78 is 7.11. The number of fused-ring (bicyclic) bond motifs is 3. The highest BCUT2D eigenvalue weighted by molar-refractivity contribution is 7.19. The summed E-state index contributed by atoms with van der Waals surface area (Å²) in [6.45, 7) is 5.73. The highest BCUT2D eigenvalue weighted by atomic mass is 32.1. The predicted octanol–water partition coefficient (Wildman–Crippen LogP) is 3.09. The van der Waals surface area contributed by atoms with Crippen LogP contribution in [-0.4, -0.2) is 13.2 Å². The lowest BCUT2D eigenvalue weighted by Crippen LogP contribution is -2.21. The van der Waals surface area contributed by atoms with E-state index in [1.54, 1.807) is 0 Å². The van der Waals surface area contributed by atoms with Gasteiger partial charge < -0.3 is 10.5 Å². The Hall–Kier alpha value is -0.900. The van der Waals surface area contributed by atoms with Gasteiger partial charge in [0.05, 0.1) is 6.61 Å². The molecule has 0 spiro atoms. The van der Waals surface area contributed by atoms with Gasteiger partial charge in [0, 0.05) is 16.1 Å². The van der Waals surface area contributed by atoms with Crippen LogP contribution in [-0.2, 0) is 11.2 Å². The molecule has 1 atom stereocenters. The van der Waals surface area contributed by atoms with E-state index in [9.17, 15) is 0 Å². The van der Waals surface area contributed by atoms with Crippen LogP contribution in [0.3, 0.4) is 0 Å². The van der Waals surface area contributed by atoms with Gasteiger partial charge in [0.25, 0.3) is 0 Å². The van der Waals surface area contributed by atoms with Crippen molar-refractivity contribution >= 4 is 21.4 Å². The largest absolute Gasteiger partial charge is 0.371 e. The second-order valence-electron chi connectivity index (χ2n) is 4.72. The second kappa shape index (κ2) is 4.09. The molecule has 1 unspecified atom stereocenters. The van der Waals surface area contributed by atoms with E-state index in [1.807, 2.05) is 11.3 Å². The summed E-state index contributed by atoms with van der Waals surface area (Å²) in [6, 6.07) is 4.61. The van der Waals surface area contributed by atoms with Crippen molar-refractivity contribution in [3.05, 3.63) is 33.7 Å². The lowest BCUT2D eigenvalue weighted by atomic mass is 10.00. The first-order chi connectivity index (χ1) is 8.20. The van der Waals surface area contributed by atoms with Gasteiger partial charge in [-0.05, 0) is 48.4 Å². The molecule has 1 aliphatic rings. The van der Waals surface area contributed by atoms with Gasteiger partial charge >= 0.3 is 0 Å². The van der Waals surface area contributed by atoms with Crippen molar-refractivity contribution in [1.29, 1.82) is 0 Å². The molecular weight excluding hydrogens is 230 g/mol. The molecule has 0 radical (unpaired) electrons. The van der Waals surface area contributed by atoms with Crippen LogP contribution < -0.4 is 5.73 Å². The van der Waals surface area contributed by atoms with Crippen LogP contribution in [0.15, 0.2) is 12.1 Å². The van der Waals surface area contributed by atoms with E-state index in [4.69, 9.17) is 10.5 Å². The third kappa shape index (κ3) is 1.69. The zero-order chi connectivity index (χ0) is 12.0. The monoisotopic (exact) mass is 247 g/mol. The maximum absolute atomic E-state index is 5.78. The van der Waals surface area contributed by atoms with Crippen molar-refractivity contribution < 1.29 is 4.74 Å². The fourth-order valence-corrected chi connectivity index (χ4v) is 3.89. The molecular formula is C14H17NOS. The number of hydrogen-bond donors (Lipinski definition) is 1. The zero-order valence-corrected chi connectivity index (χ0v) is 11.1. The standard InChI is InChI=1S/C14H17NOS/c1-8-5-11-10-3-4-16-12(7-15)14(10)17-13(11)6-9(8)2/h5-6,12H,3-4,7,15H2,1-2H3. The number of nitrogens with two attached hydrogens (primary N) is 1. The number of aryl methyl sites for hydroxylation is 2. The van der Waals surface area contributed by atoms with E-state index < -0.39 is 0 Å². The highest BCUT2D eigenvalue weighted by Crippen LogP contribution is 2.40. The molecule has 3 heteroatoms. The minimum Gasteiger partial charge on any atom is -0.371 e. The van der Waals surface area contributed by atoms with Crippen molar-refractivity contribution in [2.75, 3.05) is 13.2 Å². The van der Waals surface area contributed by atoms with Crippen LogP contribution in [0.2, 0.25) is 0 Å². The van der Waals surface area contributed by atoms with Crippen LogP contribution in [0.1, 0.15) is 27.7 Å². The second-order valence-corrected chi connectivity index (χ2v) is 5.81. The zero-order valence-electron chi connectivity index (χ0n) is 10.2. The molecule has 17 heavy (non-hydrogen) atoms. The third-order valence-corrected chi connectivity index (χ3v) is 4.90. The van der Waals surface area contributed by atoms with E-state index in [1.165, 1.54) is 31.7 Å². The molecule has 2 aromatic rings. The molecule has 0 amide bonds. The number of ether oxygens (including phenoxy) is 1. The first-order valence-corrected chi connectivity index (χ1v) is 6.86. The van der Waals surface area contributed by atoms with Crippen molar-refractivity contribution in [3.63, 3.8) is 0 Å². The maximum atomic E-state index is 5.78. The van der Waals surface area contributed by atoms with Gasteiger partial charge in [-0.3, -0.25) is 0 Å². The fraction of sp³-hybridized carbons (Fsp3) is 0.429. The highest BCUT2D eigenvalue weighted by Gasteiger charge is 2.24. The summed E-state index contributed by atoms with van der Waals surface area (Å²) in [5, 5.41) is 1.41. The van der Waals surface area contributed by atoms with E-state index in [0.717, 1.165) is 13.0 Å². The fourth-order valence-electron chi connectivity index (χ4n) is 2.49. The Morgan fingerprint density at radius 1 is 1.35 bits per heavy atom. The summed E-state index contributed by atoms with van der Waals surface area (Å²) >= 11 is 1.85. The van der Waals surface area contributed by atoms with E-state index >= 15 is 0 Å². The molecule has 1 aromatic carbocycles. The summed E-state index contributed by atoms with van der Waals surface area (Å²) in [5.41, 5.74) is 9.98. The minimum absolute atomic E-state index is 0.108. The molecule has 2 N–H and O–H groups in total. The molecule has 0 saturated carbocycles. The van der Waals surface area contributed by atoms with Gasteiger partial charge in [-0.2, -0.15) is 0 Å². The molecule has 90 valence electrons. The topological polar surface area (TPSA) is 35.2 Å². The lowest BCUT2D eigenvalue weighted by Gasteiger charge is -2.21. The van der Waals surface area contributed by atoms with E-state index in [2.05, 4.69) is 26.0 Å². The van der Waals surface area contributed by atoms with E-state index in [0.29, 0.717) is 6.54 Å². The van der Waals surface area contributed by atoms with Gasteiger partial charge in [0.1, 0.15) is 6.10 Å². The van der Waals surface area contributed by atoms with Crippen LogP contribution in [0.25, 0.3) is 10.1 Å². The molecule has 0 fully saturated rings. The lowest BCUT2D eigenvalue weighted by molar-refractivity contribution is 0.0519. The number of rotatable bonds is 1. The van der Waals surface area contributed by atoms with Crippen molar-refractivity contribution in [2.45, 2.75) is 26.4 Å². The first kappa shape index (κ1) is 11.2. The van der Waals surface area contributed by atoms with Crippen LogP contribution in [0, 0.1) is 13.8 Å². The first-order valence-electron chi connectivity index (χ1n) is 6.05. The van der Waals surface area contributed by atoms with Gasteiger partial charge in [-0.15, -0.1) is 11.3 Å². The Bertz CT molecular complexity index is 573. The predicted molar refractivity (Wildman–Crippen MR) is 72.8 cm³/mol. The average molecular weight is 247 g/mol. The summed E-state index contributed by atoms with van der Waals surface area (Å²) in [6.07, 6.45) is 1.13. The molecule has 0 bridgehead atoms. The number of hydrogen-bond acceptors (Lipinski definition) is 3. The quantitative estimate of drug-likeness (QED) is 0.840. The van der Waals surface area contributed by atoms with Crippen molar-refractivity contribution in [1.82, 2.24) is 0 Å². The Morgan fingerprint density at radius 2 is 2.12 bits per heavy atom. The van der Waals surface area contributed by atoms with Gasteiger partial charge in [-0.1, -0.05) is 6.07 Å². The smallest absolute Gasteiger partial charge is 0.104 e. The molecule has 1 aliphatic heterocycles. The molecule has 2 nitrogen and oxygen atoms in total. The Morgan fingerprint density at radius 3 is 2.88 bits per heavy atom. The summed E-state index contributed by atoms with van der Waals surface area (Å²) in [7, 11) is 0. The van der Waals surface area contributed by atoms with Gasteiger partial charge in [-0.25, -0.2) is 0 Å². The third-order valence-electron chi connectivity index (χ3n) is 3.62. The van der Waals surface area contributed by atoms with Crippen LogP contribution in [0.4, 0.5) is 0 Å². The number of benzene rings is 1. The Kier molecular flexibility index (Phi) is 2.69. The molecule has 0 aliphatic carbocycles. The summed E-state index contributed by atoms with van der Waals surface area (Å²) in [5.74, 6) is 0. The summed E-state index contributed by atoms with van der Waals surface area (Å²) in [4.78, 5) is 1.35. The van der Waals surface area contributed by atoms with Gasteiger partial charge in [0.2, 0.25) is 0 Å². The molecule has 2 heterocycles.